The van der Waals surface area contributed by atoms with Gasteiger partial charge in [0.1, 0.15) is 5.82 Å². The molecule has 0 saturated heterocycles. The first-order chi connectivity index (χ1) is 12.8. The van der Waals surface area contributed by atoms with Crippen molar-refractivity contribution in [2.45, 2.75) is 13.1 Å². The number of hydrogen-bond acceptors (Lipinski definition) is 4. The van der Waals surface area contributed by atoms with Gasteiger partial charge in [-0.1, -0.05) is 6.07 Å². The molecule has 0 spiro atoms. The number of nitrogens with zero attached hydrogens (tertiary/aromatic N) is 4. The quantitative estimate of drug-likeness (QED) is 0.562. The van der Waals surface area contributed by atoms with Crippen LogP contribution in [0, 0.1) is 5.82 Å². The van der Waals surface area contributed by atoms with Crippen LogP contribution in [-0.2, 0) is 13.1 Å². The summed E-state index contributed by atoms with van der Waals surface area (Å²) in [7, 11) is 0. The van der Waals surface area contributed by atoms with E-state index in [0.717, 1.165) is 28.2 Å². The molecule has 0 amide bonds. The highest BCUT2D eigenvalue weighted by molar-refractivity contribution is 5.62. The van der Waals surface area contributed by atoms with Gasteiger partial charge < -0.3 is 5.32 Å². The zero-order chi connectivity index (χ0) is 17.8. The maximum Gasteiger partial charge on any atom is 0.157 e. The standard InChI is InChI=1S/C19H17FN6/c20-17-6-4-14(5-7-17)18-16(13-23-25-18)12-21-11-15-3-1-8-22-19(15)26-10-2-9-24-26/h1-10,13,21H,11-12H2,(H,23,25). The van der Waals surface area contributed by atoms with Gasteiger partial charge in [0.15, 0.2) is 5.82 Å². The van der Waals surface area contributed by atoms with Crippen molar-refractivity contribution in [1.82, 2.24) is 30.3 Å². The van der Waals surface area contributed by atoms with Gasteiger partial charge in [-0.3, -0.25) is 5.10 Å². The molecule has 0 atom stereocenters. The zero-order valence-corrected chi connectivity index (χ0v) is 13.9. The van der Waals surface area contributed by atoms with Crippen molar-refractivity contribution in [3.63, 3.8) is 0 Å². The van der Waals surface area contributed by atoms with Gasteiger partial charge in [0.25, 0.3) is 0 Å². The SMILES string of the molecule is Fc1ccc(-c2[nH]ncc2CNCc2cccnc2-n2cccn2)cc1. The summed E-state index contributed by atoms with van der Waals surface area (Å²) in [6.07, 6.45) is 7.13. The minimum absolute atomic E-state index is 0.254. The van der Waals surface area contributed by atoms with Crippen LogP contribution in [0.15, 0.2) is 67.3 Å². The number of aromatic nitrogens is 5. The monoisotopic (exact) mass is 348 g/mol. The van der Waals surface area contributed by atoms with Crippen molar-refractivity contribution >= 4 is 0 Å². The van der Waals surface area contributed by atoms with E-state index in [0.29, 0.717) is 13.1 Å². The lowest BCUT2D eigenvalue weighted by Gasteiger charge is -2.10. The highest BCUT2D eigenvalue weighted by Gasteiger charge is 2.09. The van der Waals surface area contributed by atoms with Crippen LogP contribution in [0.2, 0.25) is 0 Å². The van der Waals surface area contributed by atoms with Crippen molar-refractivity contribution in [3.8, 4) is 17.1 Å². The number of rotatable bonds is 6. The van der Waals surface area contributed by atoms with Crippen LogP contribution in [0.1, 0.15) is 11.1 Å². The summed E-state index contributed by atoms with van der Waals surface area (Å²) in [5, 5.41) is 14.8. The van der Waals surface area contributed by atoms with Gasteiger partial charge in [0, 0.05) is 48.4 Å². The molecule has 0 aliphatic carbocycles. The Morgan fingerprint density at radius 2 is 1.85 bits per heavy atom. The fourth-order valence-corrected chi connectivity index (χ4v) is 2.81. The van der Waals surface area contributed by atoms with Gasteiger partial charge in [0.2, 0.25) is 0 Å². The molecule has 0 aliphatic heterocycles. The predicted octanol–water partition coefficient (Wildman–Crippen LogP) is 3.09. The Morgan fingerprint density at radius 1 is 1.00 bits per heavy atom. The van der Waals surface area contributed by atoms with Gasteiger partial charge in [0.05, 0.1) is 11.9 Å². The van der Waals surface area contributed by atoms with E-state index in [9.17, 15) is 4.39 Å². The van der Waals surface area contributed by atoms with E-state index in [1.54, 1.807) is 35.4 Å². The van der Waals surface area contributed by atoms with Crippen LogP contribution < -0.4 is 5.32 Å². The second kappa shape index (κ2) is 7.28. The molecule has 7 heteroatoms. The lowest BCUT2D eigenvalue weighted by Crippen LogP contribution is -2.15. The molecular weight excluding hydrogens is 331 g/mol. The van der Waals surface area contributed by atoms with Crippen LogP contribution in [0.5, 0.6) is 0 Å². The molecule has 0 unspecified atom stereocenters. The maximum absolute atomic E-state index is 13.1. The normalized spacial score (nSPS) is 11.0. The van der Waals surface area contributed by atoms with Crippen molar-refractivity contribution in [1.29, 1.82) is 0 Å². The van der Waals surface area contributed by atoms with Crippen LogP contribution in [-0.4, -0.2) is 25.0 Å². The van der Waals surface area contributed by atoms with Gasteiger partial charge in [-0.05, 0) is 36.4 Å². The maximum atomic E-state index is 13.1. The van der Waals surface area contributed by atoms with E-state index in [2.05, 4.69) is 25.6 Å². The van der Waals surface area contributed by atoms with Crippen LogP contribution >= 0.6 is 0 Å². The van der Waals surface area contributed by atoms with Gasteiger partial charge >= 0.3 is 0 Å². The van der Waals surface area contributed by atoms with Crippen molar-refractivity contribution < 1.29 is 4.39 Å². The highest BCUT2D eigenvalue weighted by Crippen LogP contribution is 2.21. The van der Waals surface area contributed by atoms with E-state index in [-0.39, 0.29) is 5.82 Å². The third-order valence-corrected chi connectivity index (χ3v) is 4.07. The Labute approximate surface area is 149 Å². The summed E-state index contributed by atoms with van der Waals surface area (Å²) in [4.78, 5) is 4.42. The fraction of sp³-hybridized carbons (Fsp3) is 0.105. The molecule has 3 heterocycles. The summed E-state index contributed by atoms with van der Waals surface area (Å²) < 4.78 is 14.9. The Kier molecular flexibility index (Phi) is 4.53. The molecule has 2 N–H and O–H groups in total. The minimum atomic E-state index is -0.254. The molecule has 26 heavy (non-hydrogen) atoms. The van der Waals surface area contributed by atoms with E-state index < -0.39 is 0 Å². The summed E-state index contributed by atoms with van der Waals surface area (Å²) in [5.41, 5.74) is 3.85. The van der Waals surface area contributed by atoms with Crippen LogP contribution in [0.3, 0.4) is 0 Å². The summed E-state index contributed by atoms with van der Waals surface area (Å²) in [5.74, 6) is 0.548. The number of hydrogen-bond donors (Lipinski definition) is 2. The number of nitrogens with one attached hydrogen (secondary N) is 2. The summed E-state index contributed by atoms with van der Waals surface area (Å²) in [6, 6.07) is 12.2. The number of H-pyrrole nitrogens is 1. The fourth-order valence-electron chi connectivity index (χ4n) is 2.81. The molecule has 1 aromatic carbocycles. The molecular formula is C19H17FN6. The molecule has 0 aliphatic rings. The second-order valence-electron chi connectivity index (χ2n) is 5.82. The molecule has 0 saturated carbocycles. The van der Waals surface area contributed by atoms with Gasteiger partial charge in [-0.15, -0.1) is 0 Å². The molecule has 0 bridgehead atoms. The van der Waals surface area contributed by atoms with Crippen molar-refractivity contribution in [2.75, 3.05) is 0 Å². The molecule has 4 aromatic rings. The first kappa shape index (κ1) is 16.2. The lowest BCUT2D eigenvalue weighted by molar-refractivity contribution is 0.628. The largest absolute Gasteiger partial charge is 0.308 e. The predicted molar refractivity (Wildman–Crippen MR) is 95.9 cm³/mol. The van der Waals surface area contributed by atoms with Crippen LogP contribution in [0.4, 0.5) is 4.39 Å². The number of halogens is 1. The molecule has 4 rings (SSSR count). The smallest absolute Gasteiger partial charge is 0.157 e. The molecule has 6 nitrogen and oxygen atoms in total. The third kappa shape index (κ3) is 3.38. The molecule has 0 radical (unpaired) electrons. The van der Waals surface area contributed by atoms with Crippen LogP contribution in [0.25, 0.3) is 17.1 Å². The average molecular weight is 348 g/mol. The number of benzene rings is 1. The van der Waals surface area contributed by atoms with E-state index >= 15 is 0 Å². The first-order valence-corrected chi connectivity index (χ1v) is 8.24. The van der Waals surface area contributed by atoms with Gasteiger partial charge in [-0.2, -0.15) is 10.2 Å². The molecule has 130 valence electrons. The van der Waals surface area contributed by atoms with Crippen molar-refractivity contribution in [3.05, 3.63) is 84.2 Å². The van der Waals surface area contributed by atoms with E-state index in [1.807, 2.05) is 24.4 Å². The molecule has 0 fully saturated rings. The number of aromatic amines is 1. The average Bonchev–Trinajstić information content (AvgIpc) is 3.35. The summed E-state index contributed by atoms with van der Waals surface area (Å²) in [6.45, 7) is 1.26. The zero-order valence-electron chi connectivity index (χ0n) is 13.9. The highest BCUT2D eigenvalue weighted by atomic mass is 19.1. The Balaban J connectivity index is 1.47. The number of pyridine rings is 1. The van der Waals surface area contributed by atoms with Gasteiger partial charge in [-0.25, -0.2) is 14.1 Å². The minimum Gasteiger partial charge on any atom is -0.308 e. The van der Waals surface area contributed by atoms with E-state index in [1.165, 1.54) is 12.1 Å². The van der Waals surface area contributed by atoms with Crippen molar-refractivity contribution in [2.24, 2.45) is 0 Å². The first-order valence-electron chi connectivity index (χ1n) is 8.24. The third-order valence-electron chi connectivity index (χ3n) is 4.07. The molecule has 3 aromatic heterocycles. The Hall–Kier alpha value is -3.32. The Morgan fingerprint density at radius 3 is 2.65 bits per heavy atom. The topological polar surface area (TPSA) is 71.4 Å². The Bertz CT molecular complexity index is 975. The van der Waals surface area contributed by atoms with E-state index in [4.69, 9.17) is 0 Å². The summed E-state index contributed by atoms with van der Waals surface area (Å²) >= 11 is 0. The second-order valence-corrected chi connectivity index (χ2v) is 5.82. The lowest BCUT2D eigenvalue weighted by atomic mass is 10.1.